The fourth-order valence-corrected chi connectivity index (χ4v) is 2.77. The minimum Gasteiger partial charge on any atom is -0.459 e. The SMILES string of the molecule is C[C@]1(c2cc(-c3cncc(Cl)c3)c(F)cc2F)N=C(N)OCC1(F)F. The van der Waals surface area contributed by atoms with Crippen LogP contribution in [0.1, 0.15) is 12.5 Å². The minimum absolute atomic E-state index is 0.135. The maximum atomic E-state index is 14.4. The molecule has 25 heavy (non-hydrogen) atoms. The molecule has 3 rings (SSSR count). The molecule has 0 bridgehead atoms. The van der Waals surface area contributed by atoms with Gasteiger partial charge < -0.3 is 10.5 Å². The van der Waals surface area contributed by atoms with Crippen LogP contribution in [0.5, 0.6) is 0 Å². The number of alkyl halides is 2. The number of rotatable bonds is 2. The van der Waals surface area contributed by atoms with E-state index in [2.05, 4.69) is 14.7 Å². The second-order valence-corrected chi connectivity index (χ2v) is 6.16. The number of nitrogens with two attached hydrogens (primary N) is 1. The predicted molar refractivity (Wildman–Crippen MR) is 84.5 cm³/mol. The van der Waals surface area contributed by atoms with Gasteiger partial charge in [0.05, 0.1) is 5.02 Å². The first-order valence-electron chi connectivity index (χ1n) is 7.10. The van der Waals surface area contributed by atoms with Gasteiger partial charge in [-0.2, -0.15) is 8.78 Å². The van der Waals surface area contributed by atoms with Crippen molar-refractivity contribution < 1.29 is 22.3 Å². The highest BCUT2D eigenvalue weighted by molar-refractivity contribution is 6.30. The van der Waals surface area contributed by atoms with Gasteiger partial charge in [0.2, 0.25) is 0 Å². The average molecular weight is 374 g/mol. The summed E-state index contributed by atoms with van der Waals surface area (Å²) in [5.41, 5.74) is 2.60. The van der Waals surface area contributed by atoms with E-state index >= 15 is 0 Å². The van der Waals surface area contributed by atoms with E-state index in [1.165, 1.54) is 18.5 Å². The number of benzene rings is 1. The van der Waals surface area contributed by atoms with Gasteiger partial charge in [0.1, 0.15) is 11.6 Å². The van der Waals surface area contributed by atoms with Crippen molar-refractivity contribution in [1.29, 1.82) is 0 Å². The van der Waals surface area contributed by atoms with Crippen LogP contribution in [0.2, 0.25) is 5.02 Å². The van der Waals surface area contributed by atoms with Crippen molar-refractivity contribution in [3.63, 3.8) is 0 Å². The lowest BCUT2D eigenvalue weighted by Crippen LogP contribution is -2.51. The third kappa shape index (κ3) is 2.90. The van der Waals surface area contributed by atoms with E-state index in [1.54, 1.807) is 0 Å². The molecular formula is C16H12ClF4N3O. The van der Waals surface area contributed by atoms with Crippen LogP contribution in [0.15, 0.2) is 35.6 Å². The molecule has 0 fully saturated rings. The van der Waals surface area contributed by atoms with E-state index in [1.807, 2.05) is 0 Å². The molecule has 1 aliphatic heterocycles. The zero-order chi connectivity index (χ0) is 18.4. The Morgan fingerprint density at radius 2 is 1.88 bits per heavy atom. The highest BCUT2D eigenvalue weighted by atomic mass is 35.5. The summed E-state index contributed by atoms with van der Waals surface area (Å²) in [6.07, 6.45) is 2.61. The molecule has 0 spiro atoms. The Labute approximate surface area is 145 Å². The van der Waals surface area contributed by atoms with Crippen LogP contribution in [0.25, 0.3) is 11.1 Å². The first-order valence-corrected chi connectivity index (χ1v) is 7.48. The number of pyridine rings is 1. The maximum absolute atomic E-state index is 14.4. The van der Waals surface area contributed by atoms with Crippen molar-refractivity contribution in [2.45, 2.75) is 18.4 Å². The van der Waals surface area contributed by atoms with Crippen molar-refractivity contribution in [2.24, 2.45) is 10.7 Å². The molecule has 0 radical (unpaired) electrons. The Kier molecular flexibility index (Phi) is 4.10. The van der Waals surface area contributed by atoms with E-state index in [0.29, 0.717) is 6.07 Å². The molecule has 1 aromatic heterocycles. The van der Waals surface area contributed by atoms with E-state index in [-0.39, 0.29) is 16.1 Å². The van der Waals surface area contributed by atoms with Crippen LogP contribution < -0.4 is 5.73 Å². The summed E-state index contributed by atoms with van der Waals surface area (Å²) >= 11 is 5.82. The van der Waals surface area contributed by atoms with Crippen LogP contribution in [0.4, 0.5) is 17.6 Å². The zero-order valence-corrected chi connectivity index (χ0v) is 13.6. The smallest absolute Gasteiger partial charge is 0.310 e. The van der Waals surface area contributed by atoms with E-state index < -0.39 is 41.3 Å². The number of halogens is 5. The molecule has 4 nitrogen and oxygen atoms in total. The monoisotopic (exact) mass is 373 g/mol. The highest BCUT2D eigenvalue weighted by Crippen LogP contribution is 2.45. The van der Waals surface area contributed by atoms with Crippen LogP contribution in [-0.4, -0.2) is 23.5 Å². The quantitative estimate of drug-likeness (QED) is 0.813. The third-order valence-electron chi connectivity index (χ3n) is 4.04. The second-order valence-electron chi connectivity index (χ2n) is 5.72. The van der Waals surface area contributed by atoms with Gasteiger partial charge >= 0.3 is 5.92 Å². The fourth-order valence-electron chi connectivity index (χ4n) is 2.60. The van der Waals surface area contributed by atoms with Gasteiger partial charge in [0, 0.05) is 35.2 Å². The van der Waals surface area contributed by atoms with Gasteiger partial charge in [-0.1, -0.05) is 11.6 Å². The zero-order valence-electron chi connectivity index (χ0n) is 12.9. The summed E-state index contributed by atoms with van der Waals surface area (Å²) in [6.45, 7) is -0.0532. The Morgan fingerprint density at radius 3 is 2.56 bits per heavy atom. The van der Waals surface area contributed by atoms with Crippen molar-refractivity contribution in [1.82, 2.24) is 4.98 Å². The minimum atomic E-state index is -3.56. The Morgan fingerprint density at radius 1 is 1.16 bits per heavy atom. The molecule has 9 heteroatoms. The van der Waals surface area contributed by atoms with Gasteiger partial charge in [0.15, 0.2) is 12.1 Å². The molecule has 132 valence electrons. The second kappa shape index (κ2) is 5.87. The molecule has 2 heterocycles. The topological polar surface area (TPSA) is 60.5 Å². The van der Waals surface area contributed by atoms with E-state index in [4.69, 9.17) is 17.3 Å². The number of aliphatic imine (C=N–C) groups is 1. The highest BCUT2D eigenvalue weighted by Gasteiger charge is 2.56. The molecule has 0 saturated heterocycles. The standard InChI is InChI=1S/C16H12ClF4N3O/c1-15(16(20,21)7-25-14(22)24-15)11-3-10(12(18)4-13(11)19)8-2-9(17)6-23-5-8/h2-6H,7H2,1H3,(H2,22,24)/t15-/m1/s1. The Balaban J connectivity index is 2.24. The summed E-state index contributed by atoms with van der Waals surface area (Å²) in [7, 11) is 0. The maximum Gasteiger partial charge on any atom is 0.310 e. The van der Waals surface area contributed by atoms with Crippen molar-refractivity contribution in [3.8, 4) is 11.1 Å². The fraction of sp³-hybridized carbons (Fsp3) is 0.250. The Hall–Kier alpha value is -2.35. The number of ether oxygens (including phenoxy) is 1. The molecule has 0 aliphatic carbocycles. The third-order valence-corrected chi connectivity index (χ3v) is 4.25. The Bertz CT molecular complexity index is 874. The average Bonchev–Trinajstić information content (AvgIpc) is 2.51. The number of hydrogen-bond donors (Lipinski definition) is 1. The van der Waals surface area contributed by atoms with E-state index in [0.717, 1.165) is 13.0 Å². The van der Waals surface area contributed by atoms with Crippen molar-refractivity contribution >= 4 is 17.6 Å². The molecule has 2 N–H and O–H groups in total. The van der Waals surface area contributed by atoms with Gasteiger partial charge in [0.25, 0.3) is 6.02 Å². The van der Waals surface area contributed by atoms with Gasteiger partial charge in [-0.25, -0.2) is 13.8 Å². The lowest BCUT2D eigenvalue weighted by Gasteiger charge is -2.37. The van der Waals surface area contributed by atoms with E-state index in [9.17, 15) is 17.6 Å². The van der Waals surface area contributed by atoms with Crippen molar-refractivity contribution in [2.75, 3.05) is 6.61 Å². The van der Waals surface area contributed by atoms with Crippen LogP contribution in [-0.2, 0) is 10.3 Å². The van der Waals surface area contributed by atoms with Crippen LogP contribution in [0, 0.1) is 11.6 Å². The first kappa shape index (κ1) is 17.5. The lowest BCUT2D eigenvalue weighted by atomic mass is 9.83. The molecule has 1 aliphatic rings. The number of hydrogen-bond acceptors (Lipinski definition) is 4. The largest absolute Gasteiger partial charge is 0.459 e. The summed E-state index contributed by atoms with van der Waals surface area (Å²) in [6, 6.07) is 2.38. The number of aromatic nitrogens is 1. The molecule has 0 unspecified atom stereocenters. The van der Waals surface area contributed by atoms with Crippen LogP contribution >= 0.6 is 11.6 Å². The molecular weight excluding hydrogens is 362 g/mol. The first-order chi connectivity index (χ1) is 11.6. The summed E-state index contributed by atoms with van der Waals surface area (Å²) in [5, 5.41) is 0.215. The number of nitrogens with zero attached hydrogens (tertiary/aromatic N) is 2. The van der Waals surface area contributed by atoms with Crippen molar-refractivity contribution in [3.05, 3.63) is 52.8 Å². The van der Waals surface area contributed by atoms with Gasteiger partial charge in [-0.3, -0.25) is 4.98 Å². The van der Waals surface area contributed by atoms with Crippen LogP contribution in [0.3, 0.4) is 0 Å². The molecule has 0 amide bonds. The summed E-state index contributed by atoms with van der Waals surface area (Å²) < 4.78 is 62.0. The number of amidine groups is 1. The predicted octanol–water partition coefficient (Wildman–Crippen LogP) is 3.88. The van der Waals surface area contributed by atoms with Gasteiger partial charge in [-0.05, 0) is 19.1 Å². The molecule has 1 atom stereocenters. The molecule has 0 saturated carbocycles. The lowest BCUT2D eigenvalue weighted by molar-refractivity contribution is -0.117. The van der Waals surface area contributed by atoms with Gasteiger partial charge in [-0.15, -0.1) is 0 Å². The summed E-state index contributed by atoms with van der Waals surface area (Å²) in [4.78, 5) is 7.41. The summed E-state index contributed by atoms with van der Waals surface area (Å²) in [5.74, 6) is -5.67. The molecule has 2 aromatic rings. The molecule has 1 aromatic carbocycles. The normalized spacial score (nSPS) is 22.2.